The summed E-state index contributed by atoms with van der Waals surface area (Å²) in [4.78, 5) is 22.0. The van der Waals surface area contributed by atoms with Crippen LogP contribution in [0.5, 0.6) is 5.75 Å². The molecular formula is C15H13ClN2O4. The van der Waals surface area contributed by atoms with Gasteiger partial charge < -0.3 is 10.4 Å². The lowest BCUT2D eigenvalue weighted by Crippen LogP contribution is -2.24. The standard InChI is InChI=1S/C15H13ClN2O4/c16-12-3-1-10(2-4-12)7-15(20)17-9-11-8-13(18(21)22)5-6-14(11)19/h1-6,8,19H,7,9H2,(H,17,20). The predicted molar refractivity (Wildman–Crippen MR) is 81.8 cm³/mol. The first kappa shape index (κ1) is 15.8. The highest BCUT2D eigenvalue weighted by Gasteiger charge is 2.11. The molecule has 0 heterocycles. The number of hydrogen-bond acceptors (Lipinski definition) is 4. The van der Waals surface area contributed by atoms with Crippen molar-refractivity contribution in [2.24, 2.45) is 0 Å². The number of nitro benzene ring substituents is 1. The number of amides is 1. The lowest BCUT2D eigenvalue weighted by atomic mass is 10.1. The highest BCUT2D eigenvalue weighted by Crippen LogP contribution is 2.22. The van der Waals surface area contributed by atoms with Crippen LogP contribution in [-0.4, -0.2) is 15.9 Å². The van der Waals surface area contributed by atoms with E-state index < -0.39 is 4.92 Å². The van der Waals surface area contributed by atoms with Crippen LogP contribution in [-0.2, 0) is 17.8 Å². The molecular weight excluding hydrogens is 308 g/mol. The zero-order chi connectivity index (χ0) is 16.1. The number of aromatic hydroxyl groups is 1. The Morgan fingerprint density at radius 1 is 1.23 bits per heavy atom. The molecule has 6 nitrogen and oxygen atoms in total. The van der Waals surface area contributed by atoms with Gasteiger partial charge in [0.2, 0.25) is 5.91 Å². The van der Waals surface area contributed by atoms with Gasteiger partial charge in [-0.15, -0.1) is 0 Å². The predicted octanol–water partition coefficient (Wildman–Crippen LogP) is 2.81. The molecule has 0 aliphatic carbocycles. The van der Waals surface area contributed by atoms with E-state index >= 15 is 0 Å². The number of hydrogen-bond donors (Lipinski definition) is 2. The van der Waals surface area contributed by atoms with Crippen LogP contribution in [0, 0.1) is 10.1 Å². The molecule has 0 bridgehead atoms. The third-order valence-electron chi connectivity index (χ3n) is 3.03. The maximum atomic E-state index is 11.8. The van der Waals surface area contributed by atoms with Gasteiger partial charge in [-0.2, -0.15) is 0 Å². The van der Waals surface area contributed by atoms with Gasteiger partial charge in [-0.1, -0.05) is 23.7 Å². The van der Waals surface area contributed by atoms with Gasteiger partial charge in [0, 0.05) is 29.3 Å². The third kappa shape index (κ3) is 4.20. The Labute approximate surface area is 131 Å². The van der Waals surface area contributed by atoms with Crippen molar-refractivity contribution >= 4 is 23.2 Å². The molecule has 0 atom stereocenters. The van der Waals surface area contributed by atoms with Crippen LogP contribution in [0.4, 0.5) is 5.69 Å². The Balaban J connectivity index is 1.97. The molecule has 114 valence electrons. The first-order valence-electron chi connectivity index (χ1n) is 6.43. The van der Waals surface area contributed by atoms with E-state index in [1.165, 1.54) is 18.2 Å². The molecule has 0 fully saturated rings. The molecule has 0 aliphatic rings. The molecule has 2 aromatic rings. The highest BCUT2D eigenvalue weighted by molar-refractivity contribution is 6.30. The quantitative estimate of drug-likeness (QED) is 0.654. The third-order valence-corrected chi connectivity index (χ3v) is 3.28. The number of rotatable bonds is 5. The summed E-state index contributed by atoms with van der Waals surface area (Å²) in [6.45, 7) is 0.0138. The van der Waals surface area contributed by atoms with Crippen molar-refractivity contribution in [2.75, 3.05) is 0 Å². The van der Waals surface area contributed by atoms with Gasteiger partial charge in [-0.25, -0.2) is 0 Å². The monoisotopic (exact) mass is 320 g/mol. The van der Waals surface area contributed by atoms with Crippen LogP contribution in [0.1, 0.15) is 11.1 Å². The van der Waals surface area contributed by atoms with Crippen molar-refractivity contribution in [3.8, 4) is 5.75 Å². The maximum Gasteiger partial charge on any atom is 0.270 e. The van der Waals surface area contributed by atoms with E-state index in [2.05, 4.69) is 5.32 Å². The van der Waals surface area contributed by atoms with Crippen molar-refractivity contribution in [1.82, 2.24) is 5.32 Å². The molecule has 1 amide bonds. The van der Waals surface area contributed by atoms with Gasteiger partial charge in [0.05, 0.1) is 11.3 Å². The number of nitro groups is 1. The van der Waals surface area contributed by atoms with Crippen molar-refractivity contribution in [3.63, 3.8) is 0 Å². The maximum absolute atomic E-state index is 11.8. The zero-order valence-corrected chi connectivity index (χ0v) is 12.2. The second-order valence-corrected chi connectivity index (χ2v) is 5.09. The minimum atomic E-state index is -0.557. The molecule has 2 rings (SSSR count). The largest absolute Gasteiger partial charge is 0.508 e. The number of carbonyl (C=O) groups is 1. The fourth-order valence-corrected chi connectivity index (χ4v) is 2.00. The van der Waals surface area contributed by atoms with Crippen LogP contribution in [0.15, 0.2) is 42.5 Å². The molecule has 0 unspecified atom stereocenters. The first-order chi connectivity index (χ1) is 10.5. The van der Waals surface area contributed by atoms with Crippen molar-refractivity contribution in [1.29, 1.82) is 0 Å². The normalized spacial score (nSPS) is 10.2. The first-order valence-corrected chi connectivity index (χ1v) is 6.81. The van der Waals surface area contributed by atoms with E-state index in [9.17, 15) is 20.0 Å². The minimum Gasteiger partial charge on any atom is -0.508 e. The number of benzene rings is 2. The summed E-state index contributed by atoms with van der Waals surface area (Å²) in [6.07, 6.45) is 0.160. The van der Waals surface area contributed by atoms with E-state index in [1.54, 1.807) is 24.3 Å². The molecule has 22 heavy (non-hydrogen) atoms. The SMILES string of the molecule is O=C(Cc1ccc(Cl)cc1)NCc1cc([N+](=O)[O-])ccc1O. The van der Waals surface area contributed by atoms with Gasteiger partial charge in [0.15, 0.2) is 0 Å². The Bertz CT molecular complexity index is 701. The number of phenolic OH excluding ortho intramolecular Hbond substituents is 1. The number of phenols is 1. The molecule has 0 aliphatic heterocycles. The summed E-state index contributed by atoms with van der Waals surface area (Å²) >= 11 is 5.76. The number of nitrogens with one attached hydrogen (secondary N) is 1. The lowest BCUT2D eigenvalue weighted by molar-refractivity contribution is -0.384. The molecule has 7 heteroatoms. The molecule has 0 aromatic heterocycles. The molecule has 0 spiro atoms. The lowest BCUT2D eigenvalue weighted by Gasteiger charge is -2.07. The van der Waals surface area contributed by atoms with Crippen LogP contribution in [0.25, 0.3) is 0 Å². The van der Waals surface area contributed by atoms with Crippen LogP contribution >= 0.6 is 11.6 Å². The summed E-state index contributed by atoms with van der Waals surface area (Å²) in [6, 6.07) is 10.5. The summed E-state index contributed by atoms with van der Waals surface area (Å²) in [7, 11) is 0. The van der Waals surface area contributed by atoms with E-state index in [1.807, 2.05) is 0 Å². The van der Waals surface area contributed by atoms with E-state index in [0.29, 0.717) is 10.6 Å². The van der Waals surface area contributed by atoms with Crippen LogP contribution in [0.2, 0.25) is 5.02 Å². The Kier molecular flexibility index (Phi) is 4.95. The fourth-order valence-electron chi connectivity index (χ4n) is 1.87. The Morgan fingerprint density at radius 3 is 2.55 bits per heavy atom. The van der Waals surface area contributed by atoms with Gasteiger partial charge >= 0.3 is 0 Å². The highest BCUT2D eigenvalue weighted by atomic mass is 35.5. The number of non-ortho nitro benzene ring substituents is 1. The minimum absolute atomic E-state index is 0.0138. The van der Waals surface area contributed by atoms with E-state index in [0.717, 1.165) is 5.56 Å². The van der Waals surface area contributed by atoms with Crippen molar-refractivity contribution in [2.45, 2.75) is 13.0 Å². The summed E-state index contributed by atoms with van der Waals surface area (Å²) in [5.41, 5.74) is 0.948. The second-order valence-electron chi connectivity index (χ2n) is 4.65. The van der Waals surface area contributed by atoms with Gasteiger partial charge in [0.25, 0.3) is 5.69 Å². The topological polar surface area (TPSA) is 92.5 Å². The summed E-state index contributed by atoms with van der Waals surface area (Å²) in [5, 5.41) is 23.6. The molecule has 2 aromatic carbocycles. The molecule has 0 saturated carbocycles. The summed E-state index contributed by atoms with van der Waals surface area (Å²) < 4.78 is 0. The second kappa shape index (κ2) is 6.91. The smallest absolute Gasteiger partial charge is 0.270 e. The average molecular weight is 321 g/mol. The average Bonchev–Trinajstić information content (AvgIpc) is 2.48. The Morgan fingerprint density at radius 2 is 1.91 bits per heavy atom. The molecule has 0 radical (unpaired) electrons. The Hall–Kier alpha value is -2.60. The van der Waals surface area contributed by atoms with E-state index in [4.69, 9.17) is 11.6 Å². The van der Waals surface area contributed by atoms with Gasteiger partial charge in [0.1, 0.15) is 5.75 Å². The number of halogens is 1. The molecule has 2 N–H and O–H groups in total. The fraction of sp³-hybridized carbons (Fsp3) is 0.133. The molecule has 0 saturated heterocycles. The van der Waals surface area contributed by atoms with Crippen LogP contribution in [0.3, 0.4) is 0 Å². The number of nitrogens with zero attached hydrogens (tertiary/aromatic N) is 1. The van der Waals surface area contributed by atoms with Crippen LogP contribution < -0.4 is 5.32 Å². The van der Waals surface area contributed by atoms with Gasteiger partial charge in [-0.05, 0) is 23.8 Å². The zero-order valence-electron chi connectivity index (χ0n) is 11.5. The summed E-state index contributed by atoms with van der Waals surface area (Å²) in [5.74, 6) is -0.356. The number of carbonyl (C=O) groups excluding carboxylic acids is 1. The van der Waals surface area contributed by atoms with Gasteiger partial charge in [-0.3, -0.25) is 14.9 Å². The van der Waals surface area contributed by atoms with Crippen molar-refractivity contribution < 1.29 is 14.8 Å². The van der Waals surface area contributed by atoms with Crippen molar-refractivity contribution in [3.05, 3.63) is 68.7 Å². The van der Waals surface area contributed by atoms with E-state index in [-0.39, 0.29) is 30.3 Å².